The van der Waals surface area contributed by atoms with Crippen LogP contribution in [0.3, 0.4) is 0 Å². The fourth-order valence-corrected chi connectivity index (χ4v) is 3.52. The van der Waals surface area contributed by atoms with Gasteiger partial charge in [0.25, 0.3) is 0 Å². The SMILES string of the molecule is Cc1nnc(CN2CCN(c3ccc4nc(C5CC5)cn4c3)CC2)o1. The van der Waals surface area contributed by atoms with Crippen LogP contribution in [0.4, 0.5) is 5.69 Å². The molecule has 0 bridgehead atoms. The van der Waals surface area contributed by atoms with Gasteiger partial charge in [0, 0.05) is 51.4 Å². The quantitative estimate of drug-likeness (QED) is 0.727. The minimum Gasteiger partial charge on any atom is -0.424 e. The molecule has 2 aliphatic rings. The van der Waals surface area contributed by atoms with Crippen molar-refractivity contribution in [2.45, 2.75) is 32.2 Å². The Morgan fingerprint density at radius 1 is 1.08 bits per heavy atom. The fraction of sp³-hybridized carbons (Fsp3) is 0.500. The van der Waals surface area contributed by atoms with Crippen molar-refractivity contribution in [3.05, 3.63) is 42.0 Å². The second-order valence-corrected chi connectivity index (χ2v) is 7.07. The molecule has 0 aromatic carbocycles. The van der Waals surface area contributed by atoms with Gasteiger partial charge in [-0.2, -0.15) is 0 Å². The van der Waals surface area contributed by atoms with Crippen molar-refractivity contribution in [2.24, 2.45) is 0 Å². The number of imidazole rings is 1. The largest absolute Gasteiger partial charge is 0.424 e. The van der Waals surface area contributed by atoms with Gasteiger partial charge in [-0.15, -0.1) is 10.2 Å². The molecule has 1 aliphatic carbocycles. The van der Waals surface area contributed by atoms with Crippen LogP contribution in [-0.2, 0) is 6.54 Å². The van der Waals surface area contributed by atoms with E-state index >= 15 is 0 Å². The summed E-state index contributed by atoms with van der Waals surface area (Å²) >= 11 is 0. The first-order valence-corrected chi connectivity index (χ1v) is 8.99. The first-order chi connectivity index (χ1) is 12.2. The number of hydrogen-bond donors (Lipinski definition) is 0. The van der Waals surface area contributed by atoms with Crippen molar-refractivity contribution >= 4 is 11.3 Å². The Hall–Kier alpha value is -2.41. The monoisotopic (exact) mass is 338 g/mol. The molecule has 0 amide bonds. The minimum atomic E-state index is 0.632. The zero-order valence-corrected chi connectivity index (χ0v) is 14.4. The molecule has 3 aromatic heterocycles. The highest BCUT2D eigenvalue weighted by Gasteiger charge is 2.26. The van der Waals surface area contributed by atoms with Crippen LogP contribution in [-0.4, -0.2) is 50.7 Å². The van der Waals surface area contributed by atoms with Crippen LogP contribution in [0.15, 0.2) is 28.9 Å². The fourth-order valence-electron chi connectivity index (χ4n) is 3.52. The van der Waals surface area contributed by atoms with Gasteiger partial charge in [-0.3, -0.25) is 4.90 Å². The number of anilines is 1. The molecule has 0 unspecified atom stereocenters. The van der Waals surface area contributed by atoms with Crippen molar-refractivity contribution in [3.63, 3.8) is 0 Å². The second-order valence-electron chi connectivity index (χ2n) is 7.07. The smallest absolute Gasteiger partial charge is 0.230 e. The highest BCUT2D eigenvalue weighted by atomic mass is 16.4. The Kier molecular flexibility index (Phi) is 3.48. The maximum Gasteiger partial charge on any atom is 0.230 e. The number of pyridine rings is 1. The van der Waals surface area contributed by atoms with Crippen molar-refractivity contribution in [2.75, 3.05) is 31.1 Å². The maximum absolute atomic E-state index is 5.48. The topological polar surface area (TPSA) is 62.7 Å². The minimum absolute atomic E-state index is 0.632. The summed E-state index contributed by atoms with van der Waals surface area (Å²) in [7, 11) is 0. The molecule has 0 spiro atoms. The van der Waals surface area contributed by atoms with E-state index in [0.29, 0.717) is 17.7 Å². The molecule has 4 heterocycles. The summed E-state index contributed by atoms with van der Waals surface area (Å²) in [6.07, 6.45) is 6.99. The molecule has 0 radical (unpaired) electrons. The third-order valence-corrected chi connectivity index (χ3v) is 5.11. The van der Waals surface area contributed by atoms with E-state index in [1.807, 2.05) is 6.92 Å². The molecule has 130 valence electrons. The molecular weight excluding hydrogens is 316 g/mol. The molecule has 0 atom stereocenters. The molecule has 0 N–H and O–H groups in total. The Balaban J connectivity index is 1.26. The molecule has 5 rings (SSSR count). The number of hydrogen-bond acceptors (Lipinski definition) is 6. The van der Waals surface area contributed by atoms with E-state index < -0.39 is 0 Å². The van der Waals surface area contributed by atoms with Gasteiger partial charge in [0.15, 0.2) is 0 Å². The molecule has 1 saturated carbocycles. The Bertz CT molecular complexity index is 888. The predicted octanol–water partition coefficient (Wildman–Crippen LogP) is 2.23. The summed E-state index contributed by atoms with van der Waals surface area (Å²) in [6, 6.07) is 4.32. The van der Waals surface area contributed by atoms with E-state index in [2.05, 4.69) is 48.9 Å². The number of aryl methyl sites for hydroxylation is 1. The molecular formula is C18H22N6O. The van der Waals surface area contributed by atoms with Crippen LogP contribution in [0.1, 0.15) is 36.2 Å². The van der Waals surface area contributed by atoms with Crippen LogP contribution in [0.25, 0.3) is 5.65 Å². The lowest BCUT2D eigenvalue weighted by Gasteiger charge is -2.35. The van der Waals surface area contributed by atoms with Gasteiger partial charge >= 0.3 is 0 Å². The van der Waals surface area contributed by atoms with Crippen LogP contribution in [0.2, 0.25) is 0 Å². The van der Waals surface area contributed by atoms with Gasteiger partial charge in [0.1, 0.15) is 5.65 Å². The normalized spacial score (nSPS) is 19.0. The number of fused-ring (bicyclic) bond motifs is 1. The van der Waals surface area contributed by atoms with Crippen LogP contribution in [0.5, 0.6) is 0 Å². The third-order valence-electron chi connectivity index (χ3n) is 5.11. The van der Waals surface area contributed by atoms with E-state index in [0.717, 1.165) is 38.4 Å². The molecule has 3 aromatic rings. The molecule has 2 fully saturated rings. The summed E-state index contributed by atoms with van der Waals surface area (Å²) in [6.45, 7) is 6.56. The summed E-state index contributed by atoms with van der Waals surface area (Å²) in [5.41, 5.74) is 3.56. The first kappa shape index (κ1) is 14.9. The Labute approximate surface area is 146 Å². The van der Waals surface area contributed by atoms with Gasteiger partial charge < -0.3 is 13.7 Å². The van der Waals surface area contributed by atoms with E-state index in [1.54, 1.807) is 0 Å². The third kappa shape index (κ3) is 3.00. The molecule has 25 heavy (non-hydrogen) atoms. The first-order valence-electron chi connectivity index (χ1n) is 8.99. The lowest BCUT2D eigenvalue weighted by atomic mass is 10.2. The van der Waals surface area contributed by atoms with Crippen molar-refractivity contribution < 1.29 is 4.42 Å². The average Bonchev–Trinajstić information content (AvgIpc) is 3.27. The zero-order chi connectivity index (χ0) is 16.8. The van der Waals surface area contributed by atoms with Crippen molar-refractivity contribution in [3.8, 4) is 0 Å². The van der Waals surface area contributed by atoms with Gasteiger partial charge in [0.05, 0.1) is 17.9 Å². The van der Waals surface area contributed by atoms with Gasteiger partial charge in [-0.25, -0.2) is 4.98 Å². The standard InChI is InChI=1S/C18H22N6O/c1-13-20-21-18(25-13)12-22-6-8-23(9-7-22)15-4-5-17-19-16(14-2-3-14)11-24(17)10-15/h4-5,10-11,14H,2-3,6-9,12H2,1H3. The average molecular weight is 338 g/mol. The van der Waals surface area contributed by atoms with E-state index in [9.17, 15) is 0 Å². The Morgan fingerprint density at radius 3 is 2.64 bits per heavy atom. The summed E-state index contributed by atoms with van der Waals surface area (Å²) in [4.78, 5) is 9.54. The van der Waals surface area contributed by atoms with Crippen molar-refractivity contribution in [1.82, 2.24) is 24.5 Å². The molecule has 1 aliphatic heterocycles. The summed E-state index contributed by atoms with van der Waals surface area (Å²) < 4.78 is 7.66. The lowest BCUT2D eigenvalue weighted by molar-refractivity contribution is 0.225. The Morgan fingerprint density at radius 2 is 1.92 bits per heavy atom. The highest BCUT2D eigenvalue weighted by Crippen LogP contribution is 2.39. The number of aromatic nitrogens is 4. The van der Waals surface area contributed by atoms with E-state index in [-0.39, 0.29) is 0 Å². The molecule has 1 saturated heterocycles. The van der Waals surface area contributed by atoms with Gasteiger partial charge in [-0.05, 0) is 25.0 Å². The second kappa shape index (κ2) is 5.84. The number of piperazine rings is 1. The number of nitrogens with zero attached hydrogens (tertiary/aromatic N) is 6. The summed E-state index contributed by atoms with van der Waals surface area (Å²) in [5, 5.41) is 7.99. The van der Waals surface area contributed by atoms with Gasteiger partial charge in [-0.1, -0.05) is 0 Å². The predicted molar refractivity (Wildman–Crippen MR) is 93.7 cm³/mol. The summed E-state index contributed by atoms with van der Waals surface area (Å²) in [5.74, 6) is 2.03. The number of rotatable bonds is 4. The van der Waals surface area contributed by atoms with Crippen LogP contribution < -0.4 is 4.90 Å². The maximum atomic E-state index is 5.48. The van der Waals surface area contributed by atoms with Crippen LogP contribution in [0, 0.1) is 6.92 Å². The van der Waals surface area contributed by atoms with Crippen molar-refractivity contribution in [1.29, 1.82) is 0 Å². The molecule has 7 nitrogen and oxygen atoms in total. The zero-order valence-electron chi connectivity index (χ0n) is 14.4. The highest BCUT2D eigenvalue weighted by molar-refractivity contribution is 5.53. The van der Waals surface area contributed by atoms with E-state index in [4.69, 9.17) is 9.40 Å². The lowest BCUT2D eigenvalue weighted by Crippen LogP contribution is -2.46. The van der Waals surface area contributed by atoms with Crippen LogP contribution >= 0.6 is 0 Å². The van der Waals surface area contributed by atoms with Gasteiger partial charge in [0.2, 0.25) is 11.8 Å². The molecule has 7 heteroatoms. The van der Waals surface area contributed by atoms with E-state index in [1.165, 1.54) is 24.2 Å².